The third-order valence-electron chi connectivity index (χ3n) is 8.19. The van der Waals surface area contributed by atoms with Gasteiger partial charge in [-0.25, -0.2) is 17.2 Å². The zero-order valence-electron chi connectivity index (χ0n) is 21.8. The van der Waals surface area contributed by atoms with Crippen molar-refractivity contribution in [3.63, 3.8) is 0 Å². The lowest BCUT2D eigenvalue weighted by atomic mass is 9.72. The van der Waals surface area contributed by atoms with Crippen LogP contribution in [0.1, 0.15) is 49.3 Å². The van der Waals surface area contributed by atoms with E-state index < -0.39 is 85.1 Å². The van der Waals surface area contributed by atoms with E-state index in [0.29, 0.717) is 6.07 Å². The van der Waals surface area contributed by atoms with Crippen molar-refractivity contribution >= 4 is 21.7 Å². The van der Waals surface area contributed by atoms with Crippen LogP contribution >= 0.6 is 0 Å². The van der Waals surface area contributed by atoms with E-state index in [4.69, 9.17) is 5.11 Å². The number of carbonyl (C=O) groups excluding carboxylic acids is 1. The summed E-state index contributed by atoms with van der Waals surface area (Å²) in [6, 6.07) is 4.17. The second kappa shape index (κ2) is 10.5. The minimum absolute atomic E-state index is 0.0734. The molecular weight excluding hydrogens is 602 g/mol. The molecule has 0 radical (unpaired) electrons. The van der Waals surface area contributed by atoms with Crippen LogP contribution in [0.2, 0.25) is 0 Å². The van der Waals surface area contributed by atoms with Gasteiger partial charge in [0.15, 0.2) is 9.84 Å². The predicted octanol–water partition coefficient (Wildman–Crippen LogP) is 5.74. The normalized spacial score (nSPS) is 23.5. The SMILES string of the molecule is C[C@H](CC(=O)O)NC(=O)[C@@H]1CC[C@@]2(S(=O)(=O)c3ccc(F)cc3)c3ccc(C(F)(C(F)(F)F)C(F)(F)F)cc3CC[C@@H]12. The molecule has 2 N–H and O–H groups in total. The molecule has 230 valence electrons. The smallest absolute Gasteiger partial charge is 0.435 e. The maximum Gasteiger partial charge on any atom is 0.435 e. The van der Waals surface area contributed by atoms with Gasteiger partial charge in [-0.1, -0.05) is 18.2 Å². The monoisotopic (exact) mass is 627 g/mol. The van der Waals surface area contributed by atoms with Crippen molar-refractivity contribution in [3.05, 3.63) is 65.0 Å². The van der Waals surface area contributed by atoms with Crippen molar-refractivity contribution in [2.75, 3.05) is 0 Å². The molecular formula is C27H25F8NO5S. The van der Waals surface area contributed by atoms with Crippen LogP contribution in [-0.4, -0.2) is 43.8 Å². The number of hydrogen-bond donors (Lipinski definition) is 2. The number of amides is 1. The first-order chi connectivity index (χ1) is 19.3. The Bertz CT molecular complexity index is 1480. The summed E-state index contributed by atoms with van der Waals surface area (Å²) in [6.45, 7) is 1.42. The second-order valence-corrected chi connectivity index (χ2v) is 12.9. The number of halogens is 8. The summed E-state index contributed by atoms with van der Waals surface area (Å²) in [7, 11) is -4.59. The molecule has 0 spiro atoms. The number of aliphatic carboxylic acids is 1. The maximum atomic E-state index is 14.9. The largest absolute Gasteiger partial charge is 0.481 e. The third-order valence-corrected chi connectivity index (χ3v) is 10.8. The average Bonchev–Trinajstić information content (AvgIpc) is 3.28. The molecule has 0 saturated heterocycles. The Morgan fingerprint density at radius 3 is 2.14 bits per heavy atom. The predicted molar refractivity (Wildman–Crippen MR) is 131 cm³/mol. The van der Waals surface area contributed by atoms with Gasteiger partial charge in [0.05, 0.1) is 11.3 Å². The molecule has 4 rings (SSSR count). The molecule has 15 heteroatoms. The molecule has 6 nitrogen and oxygen atoms in total. The summed E-state index contributed by atoms with van der Waals surface area (Å²) in [6.07, 6.45) is -14.0. The van der Waals surface area contributed by atoms with Gasteiger partial charge in [-0.05, 0) is 73.9 Å². The molecule has 2 aliphatic rings. The number of carboxylic acid groups (broad SMARTS) is 1. The average molecular weight is 628 g/mol. The van der Waals surface area contributed by atoms with Crippen LogP contribution in [0, 0.1) is 17.7 Å². The van der Waals surface area contributed by atoms with Gasteiger partial charge in [-0.15, -0.1) is 0 Å². The van der Waals surface area contributed by atoms with Crippen molar-refractivity contribution in [2.45, 2.75) is 72.7 Å². The Labute approximate surface area is 235 Å². The molecule has 42 heavy (non-hydrogen) atoms. The molecule has 0 bridgehead atoms. The van der Waals surface area contributed by atoms with Crippen molar-refractivity contribution in [1.29, 1.82) is 0 Å². The summed E-state index contributed by atoms with van der Waals surface area (Å²) in [5.74, 6) is -4.70. The molecule has 0 unspecified atom stereocenters. The summed E-state index contributed by atoms with van der Waals surface area (Å²) < 4.78 is 136. The van der Waals surface area contributed by atoms with Gasteiger partial charge in [0, 0.05) is 17.5 Å². The Hall–Kier alpha value is -3.23. The lowest BCUT2D eigenvalue weighted by Crippen LogP contribution is -2.51. The number of sulfone groups is 1. The van der Waals surface area contributed by atoms with E-state index in [1.54, 1.807) is 0 Å². The standard InChI is InChI=1S/C27H25F8NO5S/c1-14(12-22(37)38)36-23(39)19-10-11-24(42(40,41)18-6-4-17(28)5-7-18)20-9-3-16(13-15(20)2-8-21(19)24)25(29,26(30,31)32)27(33,34)35/h3-7,9,13-14,19,21H,2,8,10-12H2,1H3,(H,36,39)(H,37,38)/t14-,19-,21+,24-/m1/s1. The van der Waals surface area contributed by atoms with Crippen LogP contribution in [0.15, 0.2) is 47.4 Å². The van der Waals surface area contributed by atoms with Gasteiger partial charge in [0.25, 0.3) is 0 Å². The van der Waals surface area contributed by atoms with Gasteiger partial charge in [0.1, 0.15) is 10.6 Å². The van der Waals surface area contributed by atoms with Gasteiger partial charge >= 0.3 is 24.0 Å². The van der Waals surface area contributed by atoms with Crippen molar-refractivity contribution in [1.82, 2.24) is 5.32 Å². The lowest BCUT2D eigenvalue weighted by Gasteiger charge is -2.42. The number of rotatable bonds is 7. The molecule has 0 aromatic heterocycles. The van der Waals surface area contributed by atoms with Crippen LogP contribution in [0.25, 0.3) is 0 Å². The van der Waals surface area contributed by atoms with Crippen LogP contribution in [0.4, 0.5) is 35.1 Å². The highest BCUT2D eigenvalue weighted by molar-refractivity contribution is 7.92. The highest BCUT2D eigenvalue weighted by atomic mass is 32.2. The summed E-state index contributed by atoms with van der Waals surface area (Å²) >= 11 is 0. The maximum absolute atomic E-state index is 14.9. The minimum Gasteiger partial charge on any atom is -0.481 e. The quantitative estimate of drug-likeness (QED) is 0.302. The first kappa shape index (κ1) is 31.7. The number of hydrogen-bond acceptors (Lipinski definition) is 4. The van der Waals surface area contributed by atoms with Gasteiger partial charge in [-0.3, -0.25) is 9.59 Å². The van der Waals surface area contributed by atoms with E-state index in [-0.39, 0.29) is 42.9 Å². The Morgan fingerprint density at radius 1 is 1.00 bits per heavy atom. The first-order valence-electron chi connectivity index (χ1n) is 12.8. The topological polar surface area (TPSA) is 101 Å². The first-order valence-corrected chi connectivity index (χ1v) is 14.2. The van der Waals surface area contributed by atoms with E-state index in [9.17, 15) is 53.1 Å². The highest BCUT2D eigenvalue weighted by Crippen LogP contribution is 2.60. The van der Waals surface area contributed by atoms with E-state index in [2.05, 4.69) is 5.32 Å². The Morgan fingerprint density at radius 2 is 1.60 bits per heavy atom. The number of aryl methyl sites for hydroxylation is 1. The molecule has 2 aliphatic carbocycles. The summed E-state index contributed by atoms with van der Waals surface area (Å²) in [5.41, 5.74) is -7.92. The second-order valence-electron chi connectivity index (χ2n) is 10.7. The summed E-state index contributed by atoms with van der Waals surface area (Å²) in [5, 5.41) is 11.5. The molecule has 2 aromatic carbocycles. The molecule has 4 atom stereocenters. The van der Waals surface area contributed by atoms with Gasteiger partial charge in [-0.2, -0.15) is 26.3 Å². The summed E-state index contributed by atoms with van der Waals surface area (Å²) in [4.78, 5) is 23.9. The highest BCUT2D eigenvalue weighted by Gasteiger charge is 2.74. The zero-order chi connectivity index (χ0) is 31.5. The van der Waals surface area contributed by atoms with E-state index in [0.717, 1.165) is 30.3 Å². The number of fused-ring (bicyclic) bond motifs is 3. The van der Waals surface area contributed by atoms with Gasteiger partial charge < -0.3 is 10.4 Å². The molecule has 2 aromatic rings. The minimum atomic E-state index is -6.38. The molecule has 1 fully saturated rings. The van der Waals surface area contributed by atoms with Crippen LogP contribution in [-0.2, 0) is 36.3 Å². The number of carboxylic acids is 1. The van der Waals surface area contributed by atoms with Crippen LogP contribution in [0.3, 0.4) is 0 Å². The molecule has 1 saturated carbocycles. The number of benzene rings is 2. The van der Waals surface area contributed by atoms with Crippen molar-refractivity contribution in [2.24, 2.45) is 11.8 Å². The molecule has 0 heterocycles. The molecule has 0 aliphatic heterocycles. The van der Waals surface area contributed by atoms with Crippen LogP contribution < -0.4 is 5.32 Å². The van der Waals surface area contributed by atoms with E-state index in [1.165, 1.54) is 6.92 Å². The van der Waals surface area contributed by atoms with Crippen LogP contribution in [0.5, 0.6) is 0 Å². The fourth-order valence-electron chi connectivity index (χ4n) is 6.36. The number of nitrogens with one attached hydrogen (secondary N) is 1. The zero-order valence-corrected chi connectivity index (χ0v) is 22.6. The molecule has 1 amide bonds. The Kier molecular flexibility index (Phi) is 7.92. The van der Waals surface area contributed by atoms with Crippen molar-refractivity contribution < 1.29 is 58.2 Å². The third kappa shape index (κ3) is 4.92. The van der Waals surface area contributed by atoms with E-state index in [1.807, 2.05) is 0 Å². The van der Waals surface area contributed by atoms with Gasteiger partial charge in [0.2, 0.25) is 5.91 Å². The fourth-order valence-corrected chi connectivity index (χ4v) is 8.83. The Balaban J connectivity index is 1.89. The number of alkyl halides is 7. The lowest BCUT2D eigenvalue weighted by molar-refractivity contribution is -0.348. The fraction of sp³-hybridized carbons (Fsp3) is 0.481. The number of carbonyl (C=O) groups is 2. The van der Waals surface area contributed by atoms with E-state index >= 15 is 0 Å². The van der Waals surface area contributed by atoms with Crippen molar-refractivity contribution in [3.8, 4) is 0 Å².